The molecule has 4 atom stereocenters. The highest BCUT2D eigenvalue weighted by molar-refractivity contribution is 7.89. The van der Waals surface area contributed by atoms with Gasteiger partial charge in [-0.15, -0.1) is 0 Å². The molecule has 0 amide bonds. The minimum atomic E-state index is -3.47. The van der Waals surface area contributed by atoms with E-state index in [9.17, 15) is 13.5 Å². The van der Waals surface area contributed by atoms with E-state index in [1.165, 1.54) is 0 Å². The molecule has 1 aromatic rings. The highest BCUT2D eigenvalue weighted by Crippen LogP contribution is 2.69. The molecule has 2 aliphatic rings. The topological polar surface area (TPSA) is 66.4 Å². The van der Waals surface area contributed by atoms with Crippen LogP contribution in [0.3, 0.4) is 0 Å². The number of fused-ring (bicyclic) bond motifs is 1. The van der Waals surface area contributed by atoms with E-state index in [4.69, 9.17) is 0 Å². The SMILES string of the molecule is CC1(C)C2[C@@H](CCO)[C@H](NS(=O)(=O)c3ccccc3)C[C@@H]21. The molecule has 2 saturated carbocycles. The monoisotopic (exact) mass is 309 g/mol. The highest BCUT2D eigenvalue weighted by Gasteiger charge is 2.66. The maximum atomic E-state index is 12.4. The molecule has 0 spiro atoms. The third kappa shape index (κ3) is 2.51. The summed E-state index contributed by atoms with van der Waals surface area (Å²) in [5.74, 6) is 1.36. The summed E-state index contributed by atoms with van der Waals surface area (Å²) in [5.41, 5.74) is 0.300. The molecule has 1 aromatic carbocycles. The van der Waals surface area contributed by atoms with E-state index >= 15 is 0 Å². The summed E-state index contributed by atoms with van der Waals surface area (Å²) in [6, 6.07) is 8.45. The Kier molecular flexibility index (Phi) is 3.62. The summed E-state index contributed by atoms with van der Waals surface area (Å²) in [6.45, 7) is 4.61. The summed E-state index contributed by atoms with van der Waals surface area (Å²) in [6.07, 6.45) is 1.56. The summed E-state index contributed by atoms with van der Waals surface area (Å²) in [5, 5.41) is 9.29. The fourth-order valence-electron chi connectivity index (χ4n) is 4.32. The maximum absolute atomic E-state index is 12.4. The Morgan fingerprint density at radius 3 is 2.57 bits per heavy atom. The van der Waals surface area contributed by atoms with Crippen LogP contribution in [0.1, 0.15) is 26.7 Å². The van der Waals surface area contributed by atoms with E-state index in [0.717, 1.165) is 6.42 Å². The zero-order valence-electron chi connectivity index (χ0n) is 12.5. The van der Waals surface area contributed by atoms with Crippen LogP contribution in [0, 0.1) is 23.2 Å². The van der Waals surface area contributed by atoms with Crippen molar-refractivity contribution in [3.8, 4) is 0 Å². The summed E-state index contributed by atoms with van der Waals surface area (Å²) in [7, 11) is -3.47. The van der Waals surface area contributed by atoms with Gasteiger partial charge >= 0.3 is 0 Å². The molecule has 2 N–H and O–H groups in total. The average Bonchev–Trinajstić information content (AvgIpc) is 2.79. The Morgan fingerprint density at radius 2 is 1.95 bits per heavy atom. The van der Waals surface area contributed by atoms with Crippen molar-refractivity contribution in [1.82, 2.24) is 4.72 Å². The maximum Gasteiger partial charge on any atom is 0.240 e. The zero-order valence-corrected chi connectivity index (χ0v) is 13.3. The predicted octanol–water partition coefficient (Wildman–Crippen LogP) is 2.01. The van der Waals surface area contributed by atoms with Gasteiger partial charge in [-0.3, -0.25) is 0 Å². The molecule has 0 aliphatic heterocycles. The van der Waals surface area contributed by atoms with Gasteiger partial charge in [0.05, 0.1) is 4.90 Å². The molecule has 0 bridgehead atoms. The lowest BCUT2D eigenvalue weighted by Crippen LogP contribution is -2.40. The van der Waals surface area contributed by atoms with E-state index in [2.05, 4.69) is 18.6 Å². The Bertz CT molecular complexity index is 612. The number of rotatable bonds is 5. The van der Waals surface area contributed by atoms with Gasteiger partial charge < -0.3 is 5.11 Å². The first kappa shape index (κ1) is 15.0. The third-order valence-electron chi connectivity index (χ3n) is 5.45. The molecule has 4 nitrogen and oxygen atoms in total. The summed E-state index contributed by atoms with van der Waals surface area (Å²) < 4.78 is 27.8. The van der Waals surface area contributed by atoms with Gasteiger partial charge in [-0.1, -0.05) is 32.0 Å². The molecule has 116 valence electrons. The van der Waals surface area contributed by atoms with Crippen LogP contribution in [0.25, 0.3) is 0 Å². The fourth-order valence-corrected chi connectivity index (χ4v) is 5.64. The molecule has 2 fully saturated rings. The number of aliphatic hydroxyl groups excluding tert-OH is 1. The molecule has 0 saturated heterocycles. The van der Waals surface area contributed by atoms with Gasteiger partial charge in [0.15, 0.2) is 0 Å². The largest absolute Gasteiger partial charge is 0.396 e. The number of sulfonamides is 1. The number of hydrogen-bond donors (Lipinski definition) is 2. The lowest BCUT2D eigenvalue weighted by molar-refractivity contribution is 0.217. The van der Waals surface area contributed by atoms with E-state index in [0.29, 0.717) is 28.6 Å². The first-order valence-electron chi connectivity index (χ1n) is 7.56. The minimum Gasteiger partial charge on any atom is -0.396 e. The van der Waals surface area contributed by atoms with Gasteiger partial charge in [-0.05, 0) is 48.1 Å². The Hall–Kier alpha value is -0.910. The average molecular weight is 309 g/mol. The Labute approximate surface area is 126 Å². The van der Waals surface area contributed by atoms with Crippen molar-refractivity contribution < 1.29 is 13.5 Å². The summed E-state index contributed by atoms with van der Waals surface area (Å²) in [4.78, 5) is 0.313. The number of benzene rings is 1. The Morgan fingerprint density at radius 1 is 1.29 bits per heavy atom. The molecule has 0 aromatic heterocycles. The molecule has 1 unspecified atom stereocenters. The molecular formula is C16H23NO3S. The standard InChI is InChI=1S/C16H23NO3S/c1-16(2)13-10-14(12(8-9-18)15(13)16)17-21(19,20)11-6-4-3-5-7-11/h3-7,12-15,17-18H,8-10H2,1-2H3/t12-,13-,14+,15?/m0/s1. The van der Waals surface area contributed by atoms with Gasteiger partial charge in [0.2, 0.25) is 10.0 Å². The highest BCUT2D eigenvalue weighted by atomic mass is 32.2. The van der Waals surface area contributed by atoms with Crippen LogP contribution in [0.15, 0.2) is 35.2 Å². The van der Waals surface area contributed by atoms with E-state index in [1.807, 2.05) is 0 Å². The third-order valence-corrected chi connectivity index (χ3v) is 6.95. The number of hydrogen-bond acceptors (Lipinski definition) is 3. The second kappa shape index (κ2) is 5.07. The van der Waals surface area contributed by atoms with Gasteiger partial charge in [-0.25, -0.2) is 13.1 Å². The lowest BCUT2D eigenvalue weighted by Gasteiger charge is -2.27. The molecule has 0 radical (unpaired) electrons. The van der Waals surface area contributed by atoms with Crippen LogP contribution >= 0.6 is 0 Å². The van der Waals surface area contributed by atoms with Gasteiger partial charge in [0.25, 0.3) is 0 Å². The minimum absolute atomic E-state index is 0.0506. The smallest absolute Gasteiger partial charge is 0.240 e. The van der Waals surface area contributed by atoms with E-state index in [1.54, 1.807) is 30.3 Å². The van der Waals surface area contributed by atoms with Crippen molar-refractivity contribution >= 4 is 10.0 Å². The lowest BCUT2D eigenvalue weighted by atomic mass is 9.87. The quantitative estimate of drug-likeness (QED) is 0.874. The predicted molar refractivity (Wildman–Crippen MR) is 81.1 cm³/mol. The molecule has 21 heavy (non-hydrogen) atoms. The van der Waals surface area contributed by atoms with E-state index < -0.39 is 10.0 Å². The Balaban J connectivity index is 1.76. The first-order valence-corrected chi connectivity index (χ1v) is 9.04. The molecule has 2 aliphatic carbocycles. The molecule has 0 heterocycles. The zero-order chi connectivity index (χ0) is 15.3. The van der Waals surface area contributed by atoms with Crippen LogP contribution in [0.4, 0.5) is 0 Å². The summed E-state index contributed by atoms with van der Waals surface area (Å²) >= 11 is 0. The van der Waals surface area contributed by atoms with Crippen molar-refractivity contribution in [2.24, 2.45) is 23.2 Å². The van der Waals surface area contributed by atoms with Crippen molar-refractivity contribution in [1.29, 1.82) is 0 Å². The molecular weight excluding hydrogens is 286 g/mol. The van der Waals surface area contributed by atoms with Crippen molar-refractivity contribution in [3.63, 3.8) is 0 Å². The second-order valence-electron chi connectivity index (χ2n) is 6.91. The van der Waals surface area contributed by atoms with Crippen LogP contribution in [0.2, 0.25) is 0 Å². The van der Waals surface area contributed by atoms with Crippen LogP contribution in [-0.4, -0.2) is 26.2 Å². The van der Waals surface area contributed by atoms with Gasteiger partial charge in [0, 0.05) is 12.6 Å². The van der Waals surface area contributed by atoms with Crippen LogP contribution < -0.4 is 4.72 Å². The van der Waals surface area contributed by atoms with Gasteiger partial charge in [0.1, 0.15) is 0 Å². The number of nitrogens with one attached hydrogen (secondary N) is 1. The van der Waals surface area contributed by atoms with Crippen molar-refractivity contribution in [2.75, 3.05) is 6.61 Å². The van der Waals surface area contributed by atoms with Gasteiger partial charge in [-0.2, -0.15) is 0 Å². The van der Waals surface area contributed by atoms with Crippen LogP contribution in [-0.2, 0) is 10.0 Å². The molecule has 3 rings (SSSR count). The fraction of sp³-hybridized carbons (Fsp3) is 0.625. The van der Waals surface area contributed by atoms with Crippen LogP contribution in [0.5, 0.6) is 0 Å². The number of aliphatic hydroxyl groups is 1. The normalized spacial score (nSPS) is 33.7. The first-order chi connectivity index (χ1) is 9.88. The molecule has 5 heteroatoms. The van der Waals surface area contributed by atoms with Crippen molar-refractivity contribution in [3.05, 3.63) is 30.3 Å². The van der Waals surface area contributed by atoms with Crippen molar-refractivity contribution in [2.45, 2.75) is 37.6 Å². The van der Waals surface area contributed by atoms with E-state index in [-0.39, 0.29) is 18.6 Å². The second-order valence-corrected chi connectivity index (χ2v) is 8.62.